The van der Waals surface area contributed by atoms with Crippen molar-refractivity contribution in [1.29, 1.82) is 0 Å². The van der Waals surface area contributed by atoms with Crippen molar-refractivity contribution >= 4 is 11.6 Å². The lowest BCUT2D eigenvalue weighted by atomic mass is 10.1. The quantitative estimate of drug-likeness (QED) is 0.923. The zero-order valence-corrected chi connectivity index (χ0v) is 11.6. The number of aryl methyl sites for hydroxylation is 2. The molecule has 0 aliphatic rings. The molecule has 96 valence electrons. The Kier molecular flexibility index (Phi) is 3.99. The summed E-state index contributed by atoms with van der Waals surface area (Å²) in [6.45, 7) is 4.88. The maximum Gasteiger partial charge on any atom is 0.0937 e. The van der Waals surface area contributed by atoms with Crippen LogP contribution in [0.5, 0.6) is 0 Å². The average Bonchev–Trinajstić information content (AvgIpc) is 2.67. The third-order valence-electron chi connectivity index (χ3n) is 2.82. The number of pyridine rings is 1. The Bertz CT molecular complexity index is 516. The minimum atomic E-state index is -0.0325. The van der Waals surface area contributed by atoms with Crippen LogP contribution in [0, 0.1) is 6.92 Å². The van der Waals surface area contributed by atoms with Crippen molar-refractivity contribution in [3.63, 3.8) is 0 Å². The summed E-state index contributed by atoms with van der Waals surface area (Å²) in [6.07, 6.45) is 1.66. The fraction of sp³-hybridized carbons (Fsp3) is 0.385. The summed E-state index contributed by atoms with van der Waals surface area (Å²) >= 11 is 6.21. The van der Waals surface area contributed by atoms with Gasteiger partial charge in [-0.05, 0) is 25.6 Å². The minimum absolute atomic E-state index is 0.0325. The van der Waals surface area contributed by atoms with Crippen molar-refractivity contribution in [3.8, 4) is 0 Å². The fourth-order valence-corrected chi connectivity index (χ4v) is 2.29. The Hall–Kier alpha value is -1.39. The molecule has 1 N–H and O–H groups in total. The number of hydrogen-bond acceptors (Lipinski definition) is 3. The van der Waals surface area contributed by atoms with Gasteiger partial charge in [-0.1, -0.05) is 24.6 Å². The van der Waals surface area contributed by atoms with Crippen molar-refractivity contribution in [1.82, 2.24) is 20.1 Å². The summed E-state index contributed by atoms with van der Waals surface area (Å²) in [4.78, 5) is 4.57. The maximum atomic E-state index is 6.21. The molecule has 0 aliphatic carbocycles. The van der Waals surface area contributed by atoms with Crippen molar-refractivity contribution < 1.29 is 0 Å². The Morgan fingerprint density at radius 3 is 2.78 bits per heavy atom. The predicted octanol–water partition coefficient (Wildman–Crippen LogP) is 2.48. The summed E-state index contributed by atoms with van der Waals surface area (Å²) < 4.78 is 1.79. The van der Waals surface area contributed by atoms with Crippen LogP contribution in [0.3, 0.4) is 0 Å². The summed E-state index contributed by atoms with van der Waals surface area (Å²) in [5.74, 6) is 0. The van der Waals surface area contributed by atoms with Gasteiger partial charge in [0, 0.05) is 12.7 Å². The van der Waals surface area contributed by atoms with Gasteiger partial charge in [-0.25, -0.2) is 0 Å². The van der Waals surface area contributed by atoms with Gasteiger partial charge in [-0.2, -0.15) is 5.10 Å². The highest BCUT2D eigenvalue weighted by molar-refractivity contribution is 6.31. The van der Waals surface area contributed by atoms with Crippen LogP contribution in [0.1, 0.15) is 30.0 Å². The van der Waals surface area contributed by atoms with Crippen molar-refractivity contribution in [3.05, 3.63) is 46.5 Å². The molecule has 0 aliphatic heterocycles. The molecule has 4 nitrogen and oxygen atoms in total. The van der Waals surface area contributed by atoms with E-state index in [1.807, 2.05) is 32.2 Å². The maximum absolute atomic E-state index is 6.21. The largest absolute Gasteiger partial charge is 0.304 e. The molecule has 0 fully saturated rings. The van der Waals surface area contributed by atoms with E-state index in [1.54, 1.807) is 10.9 Å². The van der Waals surface area contributed by atoms with Gasteiger partial charge in [0.2, 0.25) is 0 Å². The molecule has 1 unspecified atom stereocenters. The van der Waals surface area contributed by atoms with Gasteiger partial charge in [0.15, 0.2) is 0 Å². The summed E-state index contributed by atoms with van der Waals surface area (Å²) in [5.41, 5.74) is 2.90. The van der Waals surface area contributed by atoms with E-state index in [0.29, 0.717) is 5.02 Å². The first-order valence-electron chi connectivity index (χ1n) is 5.97. The molecule has 2 aromatic rings. The fourth-order valence-electron chi connectivity index (χ4n) is 2.02. The monoisotopic (exact) mass is 264 g/mol. The van der Waals surface area contributed by atoms with E-state index >= 15 is 0 Å². The third kappa shape index (κ3) is 2.54. The number of rotatable bonds is 4. The number of nitrogens with one attached hydrogen (secondary N) is 1. The molecule has 2 aromatic heterocycles. The van der Waals surface area contributed by atoms with Crippen LogP contribution in [-0.2, 0) is 7.05 Å². The number of nitrogens with zero attached hydrogens (tertiary/aromatic N) is 3. The van der Waals surface area contributed by atoms with E-state index in [-0.39, 0.29) is 6.04 Å². The van der Waals surface area contributed by atoms with Gasteiger partial charge < -0.3 is 5.32 Å². The van der Waals surface area contributed by atoms with Crippen LogP contribution in [0.25, 0.3) is 0 Å². The molecule has 5 heteroatoms. The van der Waals surface area contributed by atoms with Gasteiger partial charge >= 0.3 is 0 Å². The molecule has 0 spiro atoms. The lowest BCUT2D eigenvalue weighted by molar-refractivity contribution is 0.561. The predicted molar refractivity (Wildman–Crippen MR) is 72.7 cm³/mol. The molecular weight excluding hydrogens is 248 g/mol. The molecule has 0 radical (unpaired) electrons. The SMILES string of the molecule is CCNC(c1cccc(C)n1)c1c(Cl)cnn1C. The molecule has 0 amide bonds. The Labute approximate surface area is 112 Å². The Balaban J connectivity index is 2.46. The average molecular weight is 265 g/mol. The molecule has 0 saturated heterocycles. The minimum Gasteiger partial charge on any atom is -0.304 e. The first-order valence-corrected chi connectivity index (χ1v) is 6.35. The highest BCUT2D eigenvalue weighted by Crippen LogP contribution is 2.26. The van der Waals surface area contributed by atoms with Gasteiger partial charge in [-0.15, -0.1) is 0 Å². The summed E-state index contributed by atoms with van der Waals surface area (Å²) in [6, 6.07) is 5.96. The van der Waals surface area contributed by atoms with Crippen molar-refractivity contribution in [2.75, 3.05) is 6.54 Å². The van der Waals surface area contributed by atoms with Crippen LogP contribution in [0.2, 0.25) is 5.02 Å². The molecule has 0 aromatic carbocycles. The first kappa shape index (κ1) is 13.1. The topological polar surface area (TPSA) is 42.7 Å². The normalized spacial score (nSPS) is 12.7. The molecular formula is C13H17ClN4. The van der Waals surface area contributed by atoms with E-state index in [1.165, 1.54) is 0 Å². The highest BCUT2D eigenvalue weighted by Gasteiger charge is 2.21. The second-order valence-electron chi connectivity index (χ2n) is 4.20. The zero-order chi connectivity index (χ0) is 13.1. The Morgan fingerprint density at radius 1 is 1.44 bits per heavy atom. The van der Waals surface area contributed by atoms with Gasteiger partial charge in [-0.3, -0.25) is 9.67 Å². The second kappa shape index (κ2) is 5.50. The van der Waals surface area contributed by atoms with E-state index in [2.05, 4.69) is 22.3 Å². The van der Waals surface area contributed by atoms with Crippen LogP contribution < -0.4 is 5.32 Å². The van der Waals surface area contributed by atoms with E-state index < -0.39 is 0 Å². The van der Waals surface area contributed by atoms with Gasteiger partial charge in [0.25, 0.3) is 0 Å². The molecule has 18 heavy (non-hydrogen) atoms. The van der Waals surface area contributed by atoms with Crippen LogP contribution >= 0.6 is 11.6 Å². The number of halogens is 1. The van der Waals surface area contributed by atoms with Crippen LogP contribution in [0.15, 0.2) is 24.4 Å². The standard InChI is InChI=1S/C13H17ClN4/c1-4-15-12(11-7-5-6-9(2)17-11)13-10(14)8-16-18(13)3/h5-8,12,15H,4H2,1-3H3. The second-order valence-corrected chi connectivity index (χ2v) is 4.60. The van der Waals surface area contributed by atoms with Gasteiger partial charge in [0.05, 0.1) is 28.6 Å². The smallest absolute Gasteiger partial charge is 0.0937 e. The van der Waals surface area contributed by atoms with Crippen LogP contribution in [0.4, 0.5) is 0 Å². The molecule has 2 heterocycles. The van der Waals surface area contributed by atoms with Gasteiger partial charge in [0.1, 0.15) is 0 Å². The lowest BCUT2D eigenvalue weighted by Crippen LogP contribution is -2.25. The molecule has 0 bridgehead atoms. The van der Waals surface area contributed by atoms with E-state index in [0.717, 1.165) is 23.6 Å². The summed E-state index contributed by atoms with van der Waals surface area (Å²) in [7, 11) is 1.89. The number of hydrogen-bond donors (Lipinski definition) is 1. The molecule has 0 saturated carbocycles. The first-order chi connectivity index (χ1) is 8.63. The van der Waals surface area contributed by atoms with Crippen molar-refractivity contribution in [2.24, 2.45) is 7.05 Å². The molecule has 2 rings (SSSR count). The third-order valence-corrected chi connectivity index (χ3v) is 3.12. The highest BCUT2D eigenvalue weighted by atomic mass is 35.5. The lowest BCUT2D eigenvalue weighted by Gasteiger charge is -2.18. The van der Waals surface area contributed by atoms with Crippen molar-refractivity contribution in [2.45, 2.75) is 19.9 Å². The van der Waals surface area contributed by atoms with E-state index in [4.69, 9.17) is 11.6 Å². The zero-order valence-electron chi connectivity index (χ0n) is 10.8. The Morgan fingerprint density at radius 2 is 2.22 bits per heavy atom. The number of aromatic nitrogens is 3. The summed E-state index contributed by atoms with van der Waals surface area (Å²) in [5, 5.41) is 8.25. The van der Waals surface area contributed by atoms with Crippen LogP contribution in [-0.4, -0.2) is 21.3 Å². The molecule has 1 atom stereocenters. The van der Waals surface area contributed by atoms with E-state index in [9.17, 15) is 0 Å².